The van der Waals surface area contributed by atoms with Gasteiger partial charge in [-0.05, 0) is 23.5 Å². The van der Waals surface area contributed by atoms with Crippen molar-refractivity contribution >= 4 is 5.82 Å². The molecule has 4 rings (SSSR count). The second-order valence-electron chi connectivity index (χ2n) is 9.11. The van der Waals surface area contributed by atoms with Crippen molar-refractivity contribution in [3.8, 4) is 0 Å². The summed E-state index contributed by atoms with van der Waals surface area (Å²) in [7, 11) is 1.79. The zero-order chi connectivity index (χ0) is 19.2. The lowest BCUT2D eigenvalue weighted by molar-refractivity contribution is 0.308. The molecular weight excluding hydrogens is 338 g/mol. The standard InChI is InChI=1S/C21H29N5O/c1-21(2,3)18-8-19(23-14-22-18)26-12-16-10-25(11-17(16)13-26)9-15-5-6-24(4)20(27)7-15/h5-8,14,16-17H,9-13H2,1-4H3. The molecule has 2 aromatic heterocycles. The van der Waals surface area contributed by atoms with Crippen LogP contribution in [0.3, 0.4) is 0 Å². The Bertz CT molecular complexity index is 871. The maximum atomic E-state index is 11.8. The number of fused-ring (bicyclic) bond motifs is 1. The highest BCUT2D eigenvalue weighted by molar-refractivity contribution is 5.42. The normalized spacial score (nSPS) is 23.0. The fourth-order valence-corrected chi connectivity index (χ4v) is 4.28. The van der Waals surface area contributed by atoms with E-state index in [0.29, 0.717) is 11.8 Å². The van der Waals surface area contributed by atoms with E-state index in [1.165, 1.54) is 0 Å². The maximum absolute atomic E-state index is 11.8. The first-order valence-electron chi connectivity index (χ1n) is 9.75. The van der Waals surface area contributed by atoms with E-state index in [9.17, 15) is 4.79 Å². The lowest BCUT2D eigenvalue weighted by atomic mass is 9.92. The Hall–Kier alpha value is -2.21. The van der Waals surface area contributed by atoms with Gasteiger partial charge in [-0.2, -0.15) is 0 Å². The van der Waals surface area contributed by atoms with Crippen LogP contribution in [0.1, 0.15) is 32.0 Å². The fraction of sp³-hybridized carbons (Fsp3) is 0.571. The van der Waals surface area contributed by atoms with Crippen LogP contribution in [0.2, 0.25) is 0 Å². The second kappa shape index (κ2) is 6.75. The van der Waals surface area contributed by atoms with Crippen LogP contribution in [-0.4, -0.2) is 45.6 Å². The molecule has 27 heavy (non-hydrogen) atoms. The molecule has 0 spiro atoms. The van der Waals surface area contributed by atoms with Crippen LogP contribution in [-0.2, 0) is 19.0 Å². The van der Waals surface area contributed by atoms with E-state index < -0.39 is 0 Å². The van der Waals surface area contributed by atoms with Crippen LogP contribution in [0.5, 0.6) is 0 Å². The minimum atomic E-state index is 0.0385. The third-order valence-corrected chi connectivity index (χ3v) is 5.88. The van der Waals surface area contributed by atoms with Crippen molar-refractivity contribution in [2.24, 2.45) is 18.9 Å². The Kier molecular flexibility index (Phi) is 4.54. The van der Waals surface area contributed by atoms with Crippen LogP contribution >= 0.6 is 0 Å². The van der Waals surface area contributed by atoms with Gasteiger partial charge in [0, 0.05) is 63.5 Å². The van der Waals surface area contributed by atoms with Crippen LogP contribution in [0.25, 0.3) is 0 Å². The third kappa shape index (κ3) is 3.76. The van der Waals surface area contributed by atoms with E-state index in [1.807, 2.05) is 6.20 Å². The summed E-state index contributed by atoms with van der Waals surface area (Å²) in [6.07, 6.45) is 3.56. The number of hydrogen-bond acceptors (Lipinski definition) is 5. The van der Waals surface area contributed by atoms with Crippen molar-refractivity contribution in [3.63, 3.8) is 0 Å². The van der Waals surface area contributed by atoms with Crippen LogP contribution in [0.15, 0.2) is 35.5 Å². The van der Waals surface area contributed by atoms with Gasteiger partial charge in [-0.25, -0.2) is 9.97 Å². The predicted molar refractivity (Wildman–Crippen MR) is 107 cm³/mol. The molecule has 0 N–H and O–H groups in total. The molecule has 0 amide bonds. The van der Waals surface area contributed by atoms with E-state index in [1.54, 1.807) is 24.0 Å². The highest BCUT2D eigenvalue weighted by Crippen LogP contribution is 2.34. The van der Waals surface area contributed by atoms with Gasteiger partial charge in [0.15, 0.2) is 0 Å². The highest BCUT2D eigenvalue weighted by Gasteiger charge is 2.40. The van der Waals surface area contributed by atoms with Crippen molar-refractivity contribution in [1.82, 2.24) is 19.4 Å². The summed E-state index contributed by atoms with van der Waals surface area (Å²) in [5.41, 5.74) is 2.31. The van der Waals surface area contributed by atoms with Crippen molar-refractivity contribution in [3.05, 3.63) is 52.3 Å². The Morgan fingerprint density at radius 1 is 1.07 bits per heavy atom. The number of nitrogens with zero attached hydrogens (tertiary/aromatic N) is 5. The van der Waals surface area contributed by atoms with Gasteiger partial charge in [0.2, 0.25) is 0 Å². The van der Waals surface area contributed by atoms with Gasteiger partial charge in [0.05, 0.1) is 5.69 Å². The van der Waals surface area contributed by atoms with Gasteiger partial charge in [0.25, 0.3) is 5.56 Å². The molecule has 0 bridgehead atoms. The number of aryl methyl sites for hydroxylation is 1. The zero-order valence-electron chi connectivity index (χ0n) is 16.7. The number of pyridine rings is 1. The van der Waals surface area contributed by atoms with E-state index in [2.05, 4.69) is 52.7 Å². The van der Waals surface area contributed by atoms with E-state index in [4.69, 9.17) is 0 Å². The zero-order valence-corrected chi connectivity index (χ0v) is 16.7. The summed E-state index contributed by atoms with van der Waals surface area (Å²) >= 11 is 0. The summed E-state index contributed by atoms with van der Waals surface area (Å²) in [6.45, 7) is 11.7. The van der Waals surface area contributed by atoms with Crippen molar-refractivity contribution in [2.75, 3.05) is 31.1 Å². The van der Waals surface area contributed by atoms with Gasteiger partial charge >= 0.3 is 0 Å². The van der Waals surface area contributed by atoms with Crippen molar-refractivity contribution in [1.29, 1.82) is 0 Å². The molecule has 0 radical (unpaired) electrons. The summed E-state index contributed by atoms with van der Waals surface area (Å²) < 4.78 is 1.62. The molecule has 2 aliphatic heterocycles. The van der Waals surface area contributed by atoms with Gasteiger partial charge in [0.1, 0.15) is 12.1 Å². The average Bonchev–Trinajstić information content (AvgIpc) is 3.16. The summed E-state index contributed by atoms with van der Waals surface area (Å²) in [5.74, 6) is 2.40. The Labute approximate surface area is 160 Å². The number of rotatable bonds is 3. The number of likely N-dealkylation sites (tertiary alicyclic amines) is 1. The SMILES string of the molecule is Cn1ccc(CN2CC3CN(c4cc(C(C)(C)C)ncn4)CC3C2)cc1=O. The molecule has 2 aromatic rings. The Morgan fingerprint density at radius 2 is 1.78 bits per heavy atom. The molecule has 2 atom stereocenters. The first-order chi connectivity index (χ1) is 12.8. The lowest BCUT2D eigenvalue weighted by Crippen LogP contribution is -2.30. The minimum Gasteiger partial charge on any atom is -0.356 e. The molecule has 2 saturated heterocycles. The topological polar surface area (TPSA) is 54.3 Å². The smallest absolute Gasteiger partial charge is 0.250 e. The summed E-state index contributed by atoms with van der Waals surface area (Å²) in [6, 6.07) is 5.96. The van der Waals surface area contributed by atoms with E-state index in [0.717, 1.165) is 49.8 Å². The van der Waals surface area contributed by atoms with Crippen LogP contribution in [0.4, 0.5) is 5.82 Å². The van der Waals surface area contributed by atoms with Crippen molar-refractivity contribution < 1.29 is 0 Å². The van der Waals surface area contributed by atoms with Crippen LogP contribution < -0.4 is 10.5 Å². The largest absolute Gasteiger partial charge is 0.356 e. The van der Waals surface area contributed by atoms with Gasteiger partial charge in [-0.1, -0.05) is 20.8 Å². The molecule has 0 aromatic carbocycles. The molecule has 2 aliphatic rings. The quantitative estimate of drug-likeness (QED) is 0.831. The van der Waals surface area contributed by atoms with Crippen LogP contribution in [0, 0.1) is 11.8 Å². The number of aromatic nitrogens is 3. The molecule has 6 heteroatoms. The Morgan fingerprint density at radius 3 is 2.41 bits per heavy atom. The van der Waals surface area contributed by atoms with Gasteiger partial charge in [-0.15, -0.1) is 0 Å². The third-order valence-electron chi connectivity index (χ3n) is 5.88. The van der Waals surface area contributed by atoms with Crippen molar-refractivity contribution in [2.45, 2.75) is 32.7 Å². The van der Waals surface area contributed by atoms with E-state index >= 15 is 0 Å². The van der Waals surface area contributed by atoms with E-state index in [-0.39, 0.29) is 11.0 Å². The molecule has 4 heterocycles. The minimum absolute atomic E-state index is 0.0385. The lowest BCUT2D eigenvalue weighted by Gasteiger charge is -2.24. The number of anilines is 1. The molecule has 0 saturated carbocycles. The summed E-state index contributed by atoms with van der Waals surface area (Å²) in [5, 5.41) is 0. The maximum Gasteiger partial charge on any atom is 0.250 e. The monoisotopic (exact) mass is 367 g/mol. The molecule has 144 valence electrons. The second-order valence-corrected chi connectivity index (χ2v) is 9.11. The first kappa shape index (κ1) is 18.2. The average molecular weight is 367 g/mol. The molecule has 6 nitrogen and oxygen atoms in total. The Balaban J connectivity index is 1.40. The molecule has 0 aliphatic carbocycles. The summed E-state index contributed by atoms with van der Waals surface area (Å²) in [4.78, 5) is 25.7. The predicted octanol–water partition coefficient (Wildman–Crippen LogP) is 2.04. The fourth-order valence-electron chi connectivity index (χ4n) is 4.28. The molecule has 2 fully saturated rings. The highest BCUT2D eigenvalue weighted by atomic mass is 16.1. The van der Waals surface area contributed by atoms with Gasteiger partial charge in [-0.3, -0.25) is 9.69 Å². The molecular formula is C21H29N5O. The van der Waals surface area contributed by atoms with Gasteiger partial charge < -0.3 is 9.47 Å². The first-order valence-corrected chi connectivity index (χ1v) is 9.75. The number of hydrogen-bond donors (Lipinski definition) is 0. The molecule has 2 unspecified atom stereocenters.